The molecule has 0 N–H and O–H groups in total. The van der Waals surface area contributed by atoms with Crippen LogP contribution in [0.1, 0.15) is 46.0 Å². The number of esters is 1. The van der Waals surface area contributed by atoms with E-state index in [4.69, 9.17) is 11.6 Å². The molecule has 1 atom stereocenters. The van der Waals surface area contributed by atoms with Crippen LogP contribution in [0, 0.1) is 5.92 Å². The molecule has 13 heavy (non-hydrogen) atoms. The second-order valence-electron chi connectivity index (χ2n) is 3.43. The van der Waals surface area contributed by atoms with Crippen LogP contribution >= 0.6 is 11.6 Å². The summed E-state index contributed by atoms with van der Waals surface area (Å²) >= 11 is 5.26. The van der Waals surface area contributed by atoms with Crippen LogP contribution in [-0.4, -0.2) is 12.0 Å². The first-order valence-electron chi connectivity index (χ1n) is 4.92. The summed E-state index contributed by atoms with van der Waals surface area (Å²) in [5, 5.41) is 0. The molecule has 0 rings (SSSR count). The van der Waals surface area contributed by atoms with Crippen molar-refractivity contribution in [2.75, 3.05) is 6.07 Å². The van der Waals surface area contributed by atoms with Crippen molar-refractivity contribution < 1.29 is 9.53 Å². The topological polar surface area (TPSA) is 26.3 Å². The Kier molecular flexibility index (Phi) is 8.21. The zero-order chi connectivity index (χ0) is 10.1. The molecule has 0 bridgehead atoms. The minimum absolute atomic E-state index is 0.0273. The van der Waals surface area contributed by atoms with E-state index in [1.165, 1.54) is 19.3 Å². The minimum Gasteiger partial charge on any atom is -0.449 e. The van der Waals surface area contributed by atoms with E-state index in [9.17, 15) is 4.79 Å². The molecular weight excluding hydrogens is 188 g/mol. The van der Waals surface area contributed by atoms with Gasteiger partial charge in [0.25, 0.3) is 0 Å². The van der Waals surface area contributed by atoms with Crippen LogP contribution in [0.4, 0.5) is 0 Å². The molecule has 0 aromatic heterocycles. The van der Waals surface area contributed by atoms with Gasteiger partial charge in [0.1, 0.15) is 0 Å². The molecule has 3 heteroatoms. The van der Waals surface area contributed by atoms with E-state index >= 15 is 0 Å². The minimum atomic E-state index is -0.181. The molecule has 0 saturated carbocycles. The maximum Gasteiger partial charge on any atom is 0.307 e. The fraction of sp³-hybridized carbons (Fsp3) is 0.900. The van der Waals surface area contributed by atoms with Crippen LogP contribution in [0.2, 0.25) is 0 Å². The molecule has 1 unspecified atom stereocenters. The Morgan fingerprint density at radius 2 is 2.15 bits per heavy atom. The fourth-order valence-electron chi connectivity index (χ4n) is 1.25. The van der Waals surface area contributed by atoms with Crippen LogP contribution in [0.5, 0.6) is 0 Å². The summed E-state index contributed by atoms with van der Waals surface area (Å²) < 4.78 is 4.65. The molecule has 0 heterocycles. The van der Waals surface area contributed by atoms with Crippen molar-refractivity contribution in [2.24, 2.45) is 5.92 Å². The van der Waals surface area contributed by atoms with Gasteiger partial charge in [-0.3, -0.25) is 4.79 Å². The van der Waals surface area contributed by atoms with Gasteiger partial charge in [0.05, 0.1) is 0 Å². The lowest BCUT2D eigenvalue weighted by Gasteiger charge is -2.09. The third kappa shape index (κ3) is 8.10. The van der Waals surface area contributed by atoms with E-state index in [0.29, 0.717) is 12.3 Å². The van der Waals surface area contributed by atoms with E-state index in [-0.39, 0.29) is 12.0 Å². The molecule has 0 aliphatic rings. The molecule has 2 nitrogen and oxygen atoms in total. The Morgan fingerprint density at radius 3 is 2.69 bits per heavy atom. The van der Waals surface area contributed by atoms with Crippen molar-refractivity contribution in [3.8, 4) is 0 Å². The van der Waals surface area contributed by atoms with Crippen LogP contribution in [0.3, 0.4) is 0 Å². The number of carbonyl (C=O) groups excluding carboxylic acids is 1. The van der Waals surface area contributed by atoms with Gasteiger partial charge in [0, 0.05) is 6.42 Å². The fourth-order valence-corrected chi connectivity index (χ4v) is 1.37. The smallest absolute Gasteiger partial charge is 0.307 e. The average molecular weight is 207 g/mol. The van der Waals surface area contributed by atoms with Gasteiger partial charge >= 0.3 is 5.97 Å². The van der Waals surface area contributed by atoms with E-state index in [1.807, 2.05) is 0 Å². The largest absolute Gasteiger partial charge is 0.449 e. The molecule has 0 fully saturated rings. The van der Waals surface area contributed by atoms with Gasteiger partial charge in [0.2, 0.25) is 0 Å². The first-order chi connectivity index (χ1) is 6.20. The zero-order valence-electron chi connectivity index (χ0n) is 8.51. The molecular formula is C10H19ClO2. The van der Waals surface area contributed by atoms with Gasteiger partial charge in [-0.1, -0.05) is 51.1 Å². The number of hydrogen-bond acceptors (Lipinski definition) is 2. The summed E-state index contributed by atoms with van der Waals surface area (Å²) in [6, 6.07) is -0.0273. The Morgan fingerprint density at radius 1 is 1.46 bits per heavy atom. The second-order valence-corrected chi connectivity index (χ2v) is 3.65. The quantitative estimate of drug-likeness (QED) is 0.363. The van der Waals surface area contributed by atoms with E-state index in [1.54, 1.807) is 0 Å². The van der Waals surface area contributed by atoms with Crippen molar-refractivity contribution in [1.29, 1.82) is 0 Å². The number of unbranched alkanes of at least 4 members (excludes halogenated alkanes) is 2. The first-order valence-corrected chi connectivity index (χ1v) is 5.45. The number of hydrogen-bond donors (Lipinski definition) is 0. The number of alkyl halides is 1. The van der Waals surface area contributed by atoms with Crippen LogP contribution in [-0.2, 0) is 9.53 Å². The lowest BCUT2D eigenvalue weighted by Crippen LogP contribution is -2.08. The Balaban J connectivity index is 3.38. The number of halogens is 1. The highest BCUT2D eigenvalue weighted by molar-refractivity contribution is 6.17. The zero-order valence-corrected chi connectivity index (χ0v) is 9.27. The van der Waals surface area contributed by atoms with Crippen molar-refractivity contribution in [3.63, 3.8) is 0 Å². The molecule has 0 spiro atoms. The summed E-state index contributed by atoms with van der Waals surface area (Å²) in [5.74, 6) is 0.237. The molecule has 0 aliphatic heterocycles. The molecule has 0 aromatic rings. The van der Waals surface area contributed by atoms with E-state index in [2.05, 4.69) is 18.6 Å². The monoisotopic (exact) mass is 206 g/mol. The van der Waals surface area contributed by atoms with E-state index < -0.39 is 0 Å². The van der Waals surface area contributed by atoms with Gasteiger partial charge in [-0.2, -0.15) is 0 Å². The Labute approximate surface area is 85.6 Å². The van der Waals surface area contributed by atoms with Crippen molar-refractivity contribution in [1.82, 2.24) is 0 Å². The maximum atomic E-state index is 11.0. The van der Waals surface area contributed by atoms with Crippen molar-refractivity contribution in [2.45, 2.75) is 46.0 Å². The Bertz CT molecular complexity index is 137. The number of ether oxygens (including phenoxy) is 1. The first kappa shape index (κ1) is 12.8. The lowest BCUT2D eigenvalue weighted by molar-refractivity contribution is -0.142. The normalized spacial score (nSPS) is 12.5. The van der Waals surface area contributed by atoms with Crippen LogP contribution in [0.25, 0.3) is 0 Å². The second kappa shape index (κ2) is 8.36. The predicted octanol–water partition coefficient (Wildman–Crippen LogP) is 3.33. The SMILES string of the molecule is CCCCCC(C)CC(=O)OCCl. The lowest BCUT2D eigenvalue weighted by atomic mass is 10.0. The van der Waals surface area contributed by atoms with Gasteiger partial charge in [0.15, 0.2) is 6.07 Å². The molecule has 0 saturated heterocycles. The number of rotatable bonds is 7. The molecule has 78 valence electrons. The van der Waals surface area contributed by atoms with Crippen molar-refractivity contribution in [3.05, 3.63) is 0 Å². The average Bonchev–Trinajstić information content (AvgIpc) is 2.05. The van der Waals surface area contributed by atoms with Gasteiger partial charge in [-0.15, -0.1) is 0 Å². The standard InChI is InChI=1S/C10H19ClO2/c1-3-4-5-6-9(2)7-10(12)13-8-11/h9H,3-8H2,1-2H3. The molecule has 0 radical (unpaired) electrons. The van der Waals surface area contributed by atoms with Crippen molar-refractivity contribution >= 4 is 17.6 Å². The summed E-state index contributed by atoms with van der Waals surface area (Å²) in [4.78, 5) is 11.0. The summed E-state index contributed by atoms with van der Waals surface area (Å²) in [5.41, 5.74) is 0. The summed E-state index contributed by atoms with van der Waals surface area (Å²) in [6.45, 7) is 4.25. The molecule has 0 amide bonds. The molecule has 0 aliphatic carbocycles. The highest BCUT2D eigenvalue weighted by atomic mass is 35.5. The highest BCUT2D eigenvalue weighted by Gasteiger charge is 2.09. The summed E-state index contributed by atoms with van der Waals surface area (Å²) in [7, 11) is 0. The highest BCUT2D eigenvalue weighted by Crippen LogP contribution is 2.13. The van der Waals surface area contributed by atoms with Gasteiger partial charge < -0.3 is 4.74 Å². The van der Waals surface area contributed by atoms with E-state index in [0.717, 1.165) is 6.42 Å². The third-order valence-electron chi connectivity index (χ3n) is 2.03. The van der Waals surface area contributed by atoms with Crippen LogP contribution in [0.15, 0.2) is 0 Å². The Hall–Kier alpha value is -0.240. The predicted molar refractivity (Wildman–Crippen MR) is 54.7 cm³/mol. The molecule has 0 aromatic carbocycles. The summed E-state index contributed by atoms with van der Waals surface area (Å²) in [6.07, 6.45) is 5.27. The maximum absolute atomic E-state index is 11.0. The van der Waals surface area contributed by atoms with Crippen LogP contribution < -0.4 is 0 Å². The number of carbonyl (C=O) groups is 1. The van der Waals surface area contributed by atoms with Gasteiger partial charge in [-0.05, 0) is 5.92 Å². The third-order valence-corrected chi connectivity index (χ3v) is 2.14. The van der Waals surface area contributed by atoms with Gasteiger partial charge in [-0.25, -0.2) is 0 Å².